The second-order valence-electron chi connectivity index (χ2n) is 2.39. The average molecular weight is 148 g/mol. The largest absolute Gasteiger partial charge is 0.329 e. The van der Waals surface area contributed by atoms with Crippen LogP contribution in [0.4, 0.5) is 0 Å². The van der Waals surface area contributed by atoms with Crippen LogP contribution in [0.5, 0.6) is 0 Å². The zero-order valence-electron chi connectivity index (χ0n) is 5.80. The van der Waals surface area contributed by atoms with Gasteiger partial charge in [0.1, 0.15) is 0 Å². The van der Waals surface area contributed by atoms with Crippen molar-refractivity contribution >= 4 is 7.37 Å². The number of hydrogen-bond donors (Lipinski definition) is 0. The van der Waals surface area contributed by atoms with Crippen LogP contribution in [0.1, 0.15) is 19.8 Å². The molecule has 3 heteroatoms. The minimum Gasteiger partial charge on any atom is -0.329 e. The maximum atomic E-state index is 11.4. The molecule has 1 aliphatic rings. The van der Waals surface area contributed by atoms with Crippen molar-refractivity contribution in [3.63, 3.8) is 0 Å². The van der Waals surface area contributed by atoms with Gasteiger partial charge in [0.25, 0.3) is 0 Å². The first-order chi connectivity index (χ1) is 4.27. The van der Waals surface area contributed by atoms with Crippen molar-refractivity contribution in [1.29, 1.82) is 0 Å². The molecule has 1 fully saturated rings. The Morgan fingerprint density at radius 2 is 2.00 bits per heavy atom. The summed E-state index contributed by atoms with van der Waals surface area (Å²) in [5.41, 5.74) is 0. The van der Waals surface area contributed by atoms with Crippen LogP contribution in [-0.2, 0) is 9.09 Å². The van der Waals surface area contributed by atoms with E-state index in [9.17, 15) is 4.57 Å². The van der Waals surface area contributed by atoms with Gasteiger partial charge in [-0.05, 0) is 19.8 Å². The van der Waals surface area contributed by atoms with Crippen LogP contribution in [0.3, 0.4) is 0 Å². The van der Waals surface area contributed by atoms with Crippen molar-refractivity contribution in [3.8, 4) is 0 Å². The van der Waals surface area contributed by atoms with Gasteiger partial charge in [0.2, 0.25) is 7.37 Å². The molecule has 0 amide bonds. The molecule has 0 unspecified atom stereocenters. The third-order valence-electron chi connectivity index (χ3n) is 1.61. The van der Waals surface area contributed by atoms with Gasteiger partial charge in [-0.15, -0.1) is 0 Å². The Kier molecular flexibility index (Phi) is 2.31. The fourth-order valence-corrected chi connectivity index (χ4v) is 3.54. The summed E-state index contributed by atoms with van der Waals surface area (Å²) in [6, 6.07) is 0. The first-order valence-corrected chi connectivity index (χ1v) is 5.49. The predicted octanol–water partition coefficient (Wildman–Crippen LogP) is 2.09. The van der Waals surface area contributed by atoms with E-state index in [1.54, 1.807) is 0 Å². The summed E-state index contributed by atoms with van der Waals surface area (Å²) in [5.74, 6) is 0. The van der Waals surface area contributed by atoms with E-state index in [1.807, 2.05) is 6.92 Å². The fraction of sp³-hybridized carbons (Fsp3) is 1.00. The zero-order valence-corrected chi connectivity index (χ0v) is 6.69. The molecular formula is C6H13O2P. The molecule has 0 spiro atoms. The van der Waals surface area contributed by atoms with Crippen LogP contribution in [0.25, 0.3) is 0 Å². The molecule has 1 heterocycles. The van der Waals surface area contributed by atoms with Gasteiger partial charge in [0, 0.05) is 12.3 Å². The Hall–Kier alpha value is 0.190. The third kappa shape index (κ3) is 1.80. The van der Waals surface area contributed by atoms with Crippen LogP contribution in [0, 0.1) is 0 Å². The lowest BCUT2D eigenvalue weighted by Gasteiger charge is -2.08. The molecule has 0 aliphatic carbocycles. The highest BCUT2D eigenvalue weighted by Crippen LogP contribution is 2.52. The average Bonchev–Trinajstić information content (AvgIpc) is 2.16. The molecule has 1 saturated heterocycles. The van der Waals surface area contributed by atoms with Crippen LogP contribution in [0.15, 0.2) is 0 Å². The molecule has 9 heavy (non-hydrogen) atoms. The Morgan fingerprint density at radius 1 is 1.44 bits per heavy atom. The predicted molar refractivity (Wildman–Crippen MR) is 38.2 cm³/mol. The fourth-order valence-electron chi connectivity index (χ4n) is 1.18. The minimum absolute atomic E-state index is 0.608. The van der Waals surface area contributed by atoms with Crippen LogP contribution in [-0.4, -0.2) is 18.9 Å². The highest BCUT2D eigenvalue weighted by Gasteiger charge is 2.26. The first kappa shape index (κ1) is 7.30. The van der Waals surface area contributed by atoms with Crippen LogP contribution in [0.2, 0.25) is 0 Å². The first-order valence-electron chi connectivity index (χ1n) is 3.49. The number of rotatable bonds is 2. The Bertz CT molecular complexity index is 123. The van der Waals surface area contributed by atoms with E-state index in [1.165, 1.54) is 0 Å². The second-order valence-corrected chi connectivity index (χ2v) is 5.17. The van der Waals surface area contributed by atoms with E-state index in [4.69, 9.17) is 4.52 Å². The summed E-state index contributed by atoms with van der Waals surface area (Å²) in [7, 11) is -2.07. The molecule has 1 aliphatic heterocycles. The lowest BCUT2D eigenvalue weighted by molar-refractivity contribution is 0.337. The number of hydrogen-bond acceptors (Lipinski definition) is 2. The van der Waals surface area contributed by atoms with E-state index in [2.05, 4.69) is 0 Å². The molecule has 0 bridgehead atoms. The highest BCUT2D eigenvalue weighted by molar-refractivity contribution is 7.59. The van der Waals surface area contributed by atoms with Crippen molar-refractivity contribution in [1.82, 2.24) is 0 Å². The Morgan fingerprint density at radius 3 is 2.44 bits per heavy atom. The molecule has 0 aromatic heterocycles. The standard InChI is InChI=1S/C6H13O2P/c1-2-8-9(7)5-3-4-6-9/h2-6H2,1H3. The van der Waals surface area contributed by atoms with Crippen molar-refractivity contribution in [3.05, 3.63) is 0 Å². The highest BCUT2D eigenvalue weighted by atomic mass is 31.2. The molecule has 1 rings (SSSR count). The van der Waals surface area contributed by atoms with Crippen molar-refractivity contribution in [2.75, 3.05) is 18.9 Å². The SMILES string of the molecule is CCOP1(=O)CCCC1. The normalized spacial score (nSPS) is 24.6. The van der Waals surface area contributed by atoms with Gasteiger partial charge >= 0.3 is 0 Å². The Labute approximate surface area is 56.0 Å². The Balaban J connectivity index is 2.42. The monoisotopic (exact) mass is 148 g/mol. The summed E-state index contributed by atoms with van der Waals surface area (Å²) in [6.07, 6.45) is 3.83. The topological polar surface area (TPSA) is 26.3 Å². The van der Waals surface area contributed by atoms with Crippen LogP contribution >= 0.6 is 7.37 Å². The summed E-state index contributed by atoms with van der Waals surface area (Å²) in [6.45, 7) is 2.51. The van der Waals surface area contributed by atoms with Crippen LogP contribution < -0.4 is 0 Å². The summed E-state index contributed by atoms with van der Waals surface area (Å²) < 4.78 is 16.5. The summed E-state index contributed by atoms with van der Waals surface area (Å²) >= 11 is 0. The van der Waals surface area contributed by atoms with Gasteiger partial charge in [-0.2, -0.15) is 0 Å². The van der Waals surface area contributed by atoms with Crippen molar-refractivity contribution < 1.29 is 9.09 Å². The lowest BCUT2D eigenvalue weighted by atomic mass is 10.4. The third-order valence-corrected chi connectivity index (χ3v) is 4.34. The van der Waals surface area contributed by atoms with Gasteiger partial charge < -0.3 is 4.52 Å². The van der Waals surface area contributed by atoms with Gasteiger partial charge in [-0.25, -0.2) is 0 Å². The molecule has 0 aromatic carbocycles. The summed E-state index contributed by atoms with van der Waals surface area (Å²) in [5, 5.41) is 0. The van der Waals surface area contributed by atoms with Gasteiger partial charge in [-0.1, -0.05) is 0 Å². The molecule has 0 N–H and O–H groups in total. The van der Waals surface area contributed by atoms with E-state index >= 15 is 0 Å². The van der Waals surface area contributed by atoms with E-state index in [0.717, 1.165) is 25.2 Å². The maximum Gasteiger partial charge on any atom is 0.203 e. The van der Waals surface area contributed by atoms with Crippen molar-refractivity contribution in [2.45, 2.75) is 19.8 Å². The zero-order chi connectivity index (χ0) is 6.74. The second kappa shape index (κ2) is 2.85. The molecule has 54 valence electrons. The summed E-state index contributed by atoms with van der Waals surface area (Å²) in [4.78, 5) is 0. The van der Waals surface area contributed by atoms with Crippen molar-refractivity contribution in [2.24, 2.45) is 0 Å². The molecule has 0 atom stereocenters. The minimum atomic E-state index is -2.07. The molecule has 2 nitrogen and oxygen atoms in total. The van der Waals surface area contributed by atoms with Gasteiger partial charge in [0.15, 0.2) is 0 Å². The van der Waals surface area contributed by atoms with E-state index in [0.29, 0.717) is 6.61 Å². The molecule has 0 radical (unpaired) electrons. The quantitative estimate of drug-likeness (QED) is 0.560. The van der Waals surface area contributed by atoms with E-state index in [-0.39, 0.29) is 0 Å². The molecule has 0 saturated carbocycles. The van der Waals surface area contributed by atoms with Gasteiger partial charge in [0.05, 0.1) is 6.61 Å². The van der Waals surface area contributed by atoms with Gasteiger partial charge in [-0.3, -0.25) is 4.57 Å². The molecule has 0 aromatic rings. The maximum absolute atomic E-state index is 11.4. The lowest BCUT2D eigenvalue weighted by Crippen LogP contribution is -1.89. The smallest absolute Gasteiger partial charge is 0.203 e. The molecular weight excluding hydrogens is 135 g/mol. The van der Waals surface area contributed by atoms with E-state index < -0.39 is 7.37 Å².